The third-order valence-electron chi connectivity index (χ3n) is 6.63. The van der Waals surface area contributed by atoms with E-state index in [1.807, 2.05) is 24.3 Å². The summed E-state index contributed by atoms with van der Waals surface area (Å²) >= 11 is 1.72. The zero-order chi connectivity index (χ0) is 22.4. The van der Waals surface area contributed by atoms with E-state index in [2.05, 4.69) is 59.4 Å². The van der Waals surface area contributed by atoms with E-state index in [9.17, 15) is 4.79 Å². The Balaban J connectivity index is 1.41. The van der Waals surface area contributed by atoms with Gasteiger partial charge in [-0.15, -0.1) is 11.8 Å². The molecule has 2 N–H and O–H groups in total. The van der Waals surface area contributed by atoms with Crippen LogP contribution in [0.2, 0.25) is 0 Å². The summed E-state index contributed by atoms with van der Waals surface area (Å²) in [6.07, 6.45) is 3.30. The quantitative estimate of drug-likeness (QED) is 0.463. The number of ether oxygens (including phenoxy) is 2. The lowest BCUT2D eigenvalue weighted by Crippen LogP contribution is -2.26. The molecular weight excluding hydrogens is 432 g/mol. The van der Waals surface area contributed by atoms with Crippen LogP contribution in [0.3, 0.4) is 0 Å². The van der Waals surface area contributed by atoms with Crippen LogP contribution in [0, 0.1) is 0 Å². The molecule has 0 aromatic heterocycles. The van der Waals surface area contributed by atoms with Gasteiger partial charge in [-0.1, -0.05) is 30.3 Å². The topological polar surface area (TPSA) is 59.6 Å². The Morgan fingerprint density at radius 2 is 1.64 bits per heavy atom. The summed E-state index contributed by atoms with van der Waals surface area (Å²) < 4.78 is 11.0. The maximum atomic E-state index is 13.7. The van der Waals surface area contributed by atoms with Crippen molar-refractivity contribution in [2.24, 2.45) is 0 Å². The molecule has 6 rings (SSSR count). The summed E-state index contributed by atoms with van der Waals surface area (Å²) in [5.74, 6) is 1.78. The van der Waals surface area contributed by atoms with Crippen LogP contribution >= 0.6 is 11.8 Å². The molecule has 0 spiro atoms. The molecule has 0 unspecified atom stereocenters. The second-order valence-electron chi connectivity index (χ2n) is 8.55. The highest BCUT2D eigenvalue weighted by Gasteiger charge is 2.36. The number of fused-ring (bicyclic) bond motifs is 2. The van der Waals surface area contributed by atoms with Gasteiger partial charge in [-0.3, -0.25) is 4.79 Å². The van der Waals surface area contributed by atoms with Crippen molar-refractivity contribution >= 4 is 28.9 Å². The van der Waals surface area contributed by atoms with Crippen LogP contribution in [0.4, 0.5) is 11.4 Å². The highest BCUT2D eigenvalue weighted by Crippen LogP contribution is 2.45. The molecule has 0 saturated heterocycles. The second-order valence-corrected chi connectivity index (χ2v) is 9.43. The number of rotatable bonds is 3. The van der Waals surface area contributed by atoms with E-state index in [-0.39, 0.29) is 24.5 Å². The number of hydrogen-bond acceptors (Lipinski definition) is 6. The first-order chi connectivity index (χ1) is 16.2. The van der Waals surface area contributed by atoms with Crippen molar-refractivity contribution in [1.82, 2.24) is 0 Å². The third kappa shape index (κ3) is 3.64. The van der Waals surface area contributed by atoms with Gasteiger partial charge in [0.15, 0.2) is 17.3 Å². The fourth-order valence-electron chi connectivity index (χ4n) is 4.94. The number of Topliss-reactive ketones (excluding diaryl/α,β-unsaturated/α-hetero) is 1. The molecule has 0 radical (unpaired) electrons. The molecule has 5 nitrogen and oxygen atoms in total. The summed E-state index contributed by atoms with van der Waals surface area (Å²) in [5, 5.41) is 7.25. The van der Waals surface area contributed by atoms with Crippen molar-refractivity contribution in [2.75, 3.05) is 23.7 Å². The standard InChI is InChI=1S/C27H24N2O3S/c1-33-19-9-6-16(7-10-19)27-26-22(28-20-4-2-3-5-21(20)29-27)12-18(13-23(26)30)17-8-11-24-25(14-17)32-15-31-24/h2-11,14,18,27-29H,12-13,15H2,1H3/t18-,27-/m0/s1. The predicted octanol–water partition coefficient (Wildman–Crippen LogP) is 6.12. The molecule has 0 saturated carbocycles. The van der Waals surface area contributed by atoms with E-state index in [1.165, 1.54) is 4.90 Å². The molecule has 0 amide bonds. The average molecular weight is 457 g/mol. The Hall–Kier alpha value is -3.38. The van der Waals surface area contributed by atoms with Crippen molar-refractivity contribution in [3.8, 4) is 11.5 Å². The number of carbonyl (C=O) groups is 1. The molecular formula is C27H24N2O3S. The van der Waals surface area contributed by atoms with Gasteiger partial charge < -0.3 is 20.1 Å². The van der Waals surface area contributed by atoms with Crippen LogP contribution in [-0.2, 0) is 4.79 Å². The number of ketones is 1. The molecule has 6 heteroatoms. The van der Waals surface area contributed by atoms with Gasteiger partial charge in [0.25, 0.3) is 0 Å². The summed E-state index contributed by atoms with van der Waals surface area (Å²) in [6.45, 7) is 0.249. The molecule has 33 heavy (non-hydrogen) atoms. The minimum absolute atomic E-state index is 0.0861. The lowest BCUT2D eigenvalue weighted by atomic mass is 9.78. The van der Waals surface area contributed by atoms with Crippen molar-refractivity contribution in [1.29, 1.82) is 0 Å². The van der Waals surface area contributed by atoms with Gasteiger partial charge in [0.1, 0.15) is 0 Å². The van der Waals surface area contributed by atoms with Gasteiger partial charge in [-0.05, 0) is 66.1 Å². The maximum absolute atomic E-state index is 13.7. The van der Waals surface area contributed by atoms with Crippen LogP contribution < -0.4 is 20.1 Å². The first-order valence-electron chi connectivity index (χ1n) is 11.1. The molecule has 3 aromatic rings. The first kappa shape index (κ1) is 20.2. The molecule has 2 aliphatic heterocycles. The largest absolute Gasteiger partial charge is 0.454 e. The molecule has 0 fully saturated rings. The average Bonchev–Trinajstić information content (AvgIpc) is 3.25. The number of benzene rings is 3. The molecule has 166 valence electrons. The van der Waals surface area contributed by atoms with Gasteiger partial charge >= 0.3 is 0 Å². The third-order valence-corrected chi connectivity index (χ3v) is 7.37. The van der Waals surface area contributed by atoms with Crippen molar-refractivity contribution in [3.05, 3.63) is 89.1 Å². The fourth-order valence-corrected chi connectivity index (χ4v) is 5.35. The molecule has 1 aliphatic carbocycles. The van der Waals surface area contributed by atoms with E-state index >= 15 is 0 Å². The SMILES string of the molecule is CSc1ccc([C@@H]2Nc3ccccc3NC3=C2C(=O)C[C@@H](c2ccc4c(c2)OCO4)C3)cc1. The monoisotopic (exact) mass is 456 g/mol. The highest BCUT2D eigenvalue weighted by molar-refractivity contribution is 7.98. The number of para-hydroxylation sites is 2. The summed E-state index contributed by atoms with van der Waals surface area (Å²) in [4.78, 5) is 14.9. The zero-order valence-corrected chi connectivity index (χ0v) is 19.1. The Morgan fingerprint density at radius 1 is 0.879 bits per heavy atom. The van der Waals surface area contributed by atoms with E-state index in [0.29, 0.717) is 6.42 Å². The summed E-state index contributed by atoms with van der Waals surface area (Å²) in [5.41, 5.74) is 6.01. The van der Waals surface area contributed by atoms with Gasteiger partial charge in [-0.2, -0.15) is 0 Å². The highest BCUT2D eigenvalue weighted by atomic mass is 32.2. The number of anilines is 2. The predicted molar refractivity (Wildman–Crippen MR) is 131 cm³/mol. The van der Waals surface area contributed by atoms with Gasteiger partial charge in [-0.25, -0.2) is 0 Å². The molecule has 2 atom stereocenters. The van der Waals surface area contributed by atoms with E-state index < -0.39 is 0 Å². The van der Waals surface area contributed by atoms with Crippen molar-refractivity contribution in [2.45, 2.75) is 29.7 Å². The van der Waals surface area contributed by atoms with Crippen LogP contribution in [-0.4, -0.2) is 18.8 Å². The zero-order valence-electron chi connectivity index (χ0n) is 18.3. The first-order valence-corrected chi connectivity index (χ1v) is 12.3. The van der Waals surface area contributed by atoms with E-state index in [0.717, 1.165) is 51.7 Å². The number of carbonyl (C=O) groups excluding carboxylic acids is 1. The Morgan fingerprint density at radius 3 is 2.45 bits per heavy atom. The Labute approximate surface area is 197 Å². The summed E-state index contributed by atoms with van der Waals surface area (Å²) in [7, 11) is 0. The second kappa shape index (κ2) is 8.19. The minimum Gasteiger partial charge on any atom is -0.454 e. The minimum atomic E-state index is -0.197. The van der Waals surface area contributed by atoms with Crippen LogP contribution in [0.1, 0.15) is 35.9 Å². The Bertz CT molecular complexity index is 1270. The summed E-state index contributed by atoms with van der Waals surface area (Å²) in [6, 6.07) is 22.5. The maximum Gasteiger partial charge on any atom is 0.231 e. The number of thioether (sulfide) groups is 1. The van der Waals surface area contributed by atoms with E-state index in [4.69, 9.17) is 9.47 Å². The number of nitrogens with one attached hydrogen (secondary N) is 2. The van der Waals surface area contributed by atoms with Gasteiger partial charge in [0, 0.05) is 22.6 Å². The van der Waals surface area contributed by atoms with Gasteiger partial charge in [0.05, 0.1) is 17.4 Å². The lowest BCUT2D eigenvalue weighted by molar-refractivity contribution is -0.116. The van der Waals surface area contributed by atoms with Crippen LogP contribution in [0.25, 0.3) is 0 Å². The van der Waals surface area contributed by atoms with Crippen LogP contribution in [0.5, 0.6) is 11.5 Å². The van der Waals surface area contributed by atoms with Crippen molar-refractivity contribution < 1.29 is 14.3 Å². The molecule has 0 bridgehead atoms. The molecule has 3 aromatic carbocycles. The fraction of sp³-hybridized carbons (Fsp3) is 0.222. The normalized spacial score (nSPS) is 20.9. The van der Waals surface area contributed by atoms with E-state index in [1.54, 1.807) is 11.8 Å². The van der Waals surface area contributed by atoms with Gasteiger partial charge in [0.2, 0.25) is 6.79 Å². The van der Waals surface area contributed by atoms with Crippen molar-refractivity contribution in [3.63, 3.8) is 0 Å². The van der Waals surface area contributed by atoms with Crippen LogP contribution in [0.15, 0.2) is 82.9 Å². The Kier molecular flexibility index (Phi) is 5.03. The number of allylic oxidation sites excluding steroid dienone is 1. The smallest absolute Gasteiger partial charge is 0.231 e. The molecule has 2 heterocycles. The molecule has 3 aliphatic rings. The number of hydrogen-bond donors (Lipinski definition) is 2. The lowest BCUT2D eigenvalue weighted by Gasteiger charge is -2.30.